The SMILES string of the molecule is COc1ccc(NC(=O)COc2ccc(C)cc2C)cc1NC(C)=O. The molecule has 2 rings (SSSR count). The average molecular weight is 342 g/mol. The van der Waals surface area contributed by atoms with Crippen molar-refractivity contribution in [3.05, 3.63) is 47.5 Å². The Bertz CT molecular complexity index is 787. The first-order valence-electron chi connectivity index (χ1n) is 7.84. The number of amides is 2. The molecule has 0 unspecified atom stereocenters. The first-order valence-corrected chi connectivity index (χ1v) is 7.84. The van der Waals surface area contributed by atoms with Gasteiger partial charge in [0.2, 0.25) is 5.91 Å². The lowest BCUT2D eigenvalue weighted by molar-refractivity contribution is -0.118. The fourth-order valence-corrected chi connectivity index (χ4v) is 2.37. The maximum Gasteiger partial charge on any atom is 0.262 e. The fraction of sp³-hybridized carbons (Fsp3) is 0.263. The second kappa shape index (κ2) is 8.19. The second-order valence-corrected chi connectivity index (χ2v) is 5.70. The van der Waals surface area contributed by atoms with Crippen molar-refractivity contribution in [1.29, 1.82) is 0 Å². The topological polar surface area (TPSA) is 76.7 Å². The van der Waals surface area contributed by atoms with Crippen molar-refractivity contribution in [3.63, 3.8) is 0 Å². The summed E-state index contributed by atoms with van der Waals surface area (Å²) in [7, 11) is 1.51. The summed E-state index contributed by atoms with van der Waals surface area (Å²) in [4.78, 5) is 23.4. The van der Waals surface area contributed by atoms with Crippen LogP contribution in [0.1, 0.15) is 18.1 Å². The number of methoxy groups -OCH3 is 1. The highest BCUT2D eigenvalue weighted by atomic mass is 16.5. The van der Waals surface area contributed by atoms with E-state index in [0.717, 1.165) is 11.1 Å². The molecule has 6 nitrogen and oxygen atoms in total. The average Bonchev–Trinajstić information content (AvgIpc) is 2.54. The Morgan fingerprint density at radius 1 is 1.00 bits per heavy atom. The molecule has 6 heteroatoms. The van der Waals surface area contributed by atoms with Crippen LogP contribution in [0.3, 0.4) is 0 Å². The van der Waals surface area contributed by atoms with Gasteiger partial charge in [0.05, 0.1) is 12.8 Å². The molecule has 0 aliphatic carbocycles. The van der Waals surface area contributed by atoms with Crippen molar-refractivity contribution in [2.75, 3.05) is 24.4 Å². The van der Waals surface area contributed by atoms with Crippen LogP contribution in [0.25, 0.3) is 0 Å². The van der Waals surface area contributed by atoms with Gasteiger partial charge in [-0.3, -0.25) is 9.59 Å². The monoisotopic (exact) mass is 342 g/mol. The molecule has 0 saturated heterocycles. The lowest BCUT2D eigenvalue weighted by Crippen LogP contribution is -2.20. The number of hydrogen-bond donors (Lipinski definition) is 2. The molecule has 0 aliphatic rings. The summed E-state index contributed by atoms with van der Waals surface area (Å²) >= 11 is 0. The van der Waals surface area contributed by atoms with Crippen LogP contribution in [0.2, 0.25) is 0 Å². The highest BCUT2D eigenvalue weighted by molar-refractivity contribution is 5.95. The number of carbonyl (C=O) groups excluding carboxylic acids is 2. The van der Waals surface area contributed by atoms with Gasteiger partial charge in [0.1, 0.15) is 11.5 Å². The third kappa shape index (κ3) is 5.24. The first-order chi connectivity index (χ1) is 11.9. The van der Waals surface area contributed by atoms with Crippen LogP contribution in [-0.2, 0) is 9.59 Å². The minimum atomic E-state index is -0.293. The van der Waals surface area contributed by atoms with Crippen molar-refractivity contribution in [2.24, 2.45) is 0 Å². The van der Waals surface area contributed by atoms with E-state index in [1.54, 1.807) is 18.2 Å². The number of aryl methyl sites for hydroxylation is 2. The normalized spacial score (nSPS) is 10.1. The van der Waals surface area contributed by atoms with Crippen LogP contribution in [0.5, 0.6) is 11.5 Å². The molecule has 2 aromatic carbocycles. The van der Waals surface area contributed by atoms with Gasteiger partial charge in [-0.1, -0.05) is 17.7 Å². The predicted molar refractivity (Wildman–Crippen MR) is 97.3 cm³/mol. The maximum absolute atomic E-state index is 12.1. The van der Waals surface area contributed by atoms with Gasteiger partial charge in [-0.05, 0) is 43.7 Å². The minimum absolute atomic E-state index is 0.106. The van der Waals surface area contributed by atoms with Gasteiger partial charge in [0, 0.05) is 12.6 Å². The van der Waals surface area contributed by atoms with Crippen molar-refractivity contribution >= 4 is 23.2 Å². The molecule has 0 saturated carbocycles. The molecule has 2 amide bonds. The van der Waals surface area contributed by atoms with E-state index in [2.05, 4.69) is 10.6 Å². The third-order valence-electron chi connectivity index (χ3n) is 3.48. The van der Waals surface area contributed by atoms with Crippen LogP contribution in [-0.4, -0.2) is 25.5 Å². The zero-order chi connectivity index (χ0) is 18.4. The van der Waals surface area contributed by atoms with E-state index in [1.807, 2.05) is 32.0 Å². The molecule has 2 N–H and O–H groups in total. The molecule has 132 valence electrons. The molecule has 2 aromatic rings. The van der Waals surface area contributed by atoms with E-state index in [0.29, 0.717) is 22.9 Å². The third-order valence-corrected chi connectivity index (χ3v) is 3.48. The largest absolute Gasteiger partial charge is 0.495 e. The summed E-state index contributed by atoms with van der Waals surface area (Å²) in [5.41, 5.74) is 3.14. The van der Waals surface area contributed by atoms with Gasteiger partial charge in [-0.2, -0.15) is 0 Å². The molecule has 0 heterocycles. The number of ether oxygens (including phenoxy) is 2. The molecule has 0 spiro atoms. The van der Waals surface area contributed by atoms with E-state index in [4.69, 9.17) is 9.47 Å². The van der Waals surface area contributed by atoms with Gasteiger partial charge in [-0.25, -0.2) is 0 Å². The fourth-order valence-electron chi connectivity index (χ4n) is 2.37. The van der Waals surface area contributed by atoms with Gasteiger partial charge >= 0.3 is 0 Å². The van der Waals surface area contributed by atoms with Gasteiger partial charge in [-0.15, -0.1) is 0 Å². The number of carbonyl (C=O) groups is 2. The molecule has 0 bridgehead atoms. The van der Waals surface area contributed by atoms with Gasteiger partial charge in [0.15, 0.2) is 6.61 Å². The number of benzene rings is 2. The summed E-state index contributed by atoms with van der Waals surface area (Å²) in [5.74, 6) is 0.674. The maximum atomic E-state index is 12.1. The highest BCUT2D eigenvalue weighted by Gasteiger charge is 2.09. The number of nitrogens with one attached hydrogen (secondary N) is 2. The summed E-state index contributed by atoms with van der Waals surface area (Å²) in [5, 5.41) is 5.40. The van der Waals surface area contributed by atoms with Gasteiger partial charge in [0.25, 0.3) is 5.91 Å². The summed E-state index contributed by atoms with van der Waals surface area (Å²) in [6.45, 7) is 5.23. The van der Waals surface area contributed by atoms with Crippen LogP contribution in [0, 0.1) is 13.8 Å². The minimum Gasteiger partial charge on any atom is -0.495 e. The van der Waals surface area contributed by atoms with E-state index >= 15 is 0 Å². The van der Waals surface area contributed by atoms with Crippen molar-refractivity contribution in [2.45, 2.75) is 20.8 Å². The number of hydrogen-bond acceptors (Lipinski definition) is 4. The number of rotatable bonds is 6. The summed E-state index contributed by atoms with van der Waals surface area (Å²) in [6.07, 6.45) is 0. The van der Waals surface area contributed by atoms with Crippen LogP contribution >= 0.6 is 0 Å². The Hall–Kier alpha value is -3.02. The Kier molecular flexibility index (Phi) is 6.00. The molecule has 25 heavy (non-hydrogen) atoms. The van der Waals surface area contributed by atoms with E-state index in [-0.39, 0.29) is 18.4 Å². The number of anilines is 2. The molecular formula is C19H22N2O4. The van der Waals surface area contributed by atoms with Crippen LogP contribution in [0.4, 0.5) is 11.4 Å². The zero-order valence-electron chi connectivity index (χ0n) is 14.8. The highest BCUT2D eigenvalue weighted by Crippen LogP contribution is 2.27. The lowest BCUT2D eigenvalue weighted by Gasteiger charge is -2.13. The zero-order valence-corrected chi connectivity index (χ0v) is 14.8. The van der Waals surface area contributed by atoms with E-state index < -0.39 is 0 Å². The molecule has 0 fully saturated rings. The van der Waals surface area contributed by atoms with Crippen LogP contribution < -0.4 is 20.1 Å². The van der Waals surface area contributed by atoms with Crippen LogP contribution in [0.15, 0.2) is 36.4 Å². The molecule has 0 radical (unpaired) electrons. The van der Waals surface area contributed by atoms with Crippen molar-refractivity contribution in [1.82, 2.24) is 0 Å². The predicted octanol–water partition coefficient (Wildman–Crippen LogP) is 3.29. The standard InChI is InChI=1S/C19H22N2O4/c1-12-5-7-17(13(2)9-12)25-11-19(23)21-15-6-8-18(24-4)16(10-15)20-14(3)22/h5-10H,11H2,1-4H3,(H,20,22)(H,21,23). The second-order valence-electron chi connectivity index (χ2n) is 5.70. The summed E-state index contributed by atoms with van der Waals surface area (Å²) < 4.78 is 10.7. The lowest BCUT2D eigenvalue weighted by atomic mass is 10.1. The Balaban J connectivity index is 2.01. The van der Waals surface area contributed by atoms with E-state index in [1.165, 1.54) is 14.0 Å². The summed E-state index contributed by atoms with van der Waals surface area (Å²) in [6, 6.07) is 10.8. The smallest absolute Gasteiger partial charge is 0.262 e. The quantitative estimate of drug-likeness (QED) is 0.844. The van der Waals surface area contributed by atoms with Crippen molar-refractivity contribution in [3.8, 4) is 11.5 Å². The molecular weight excluding hydrogens is 320 g/mol. The Labute approximate surface area is 147 Å². The molecule has 0 atom stereocenters. The Morgan fingerprint density at radius 2 is 1.72 bits per heavy atom. The first kappa shape index (κ1) is 18.3. The molecule has 0 aliphatic heterocycles. The molecule has 0 aromatic heterocycles. The van der Waals surface area contributed by atoms with E-state index in [9.17, 15) is 9.59 Å². The van der Waals surface area contributed by atoms with Gasteiger partial charge < -0.3 is 20.1 Å². The van der Waals surface area contributed by atoms with Crippen molar-refractivity contribution < 1.29 is 19.1 Å². The Morgan fingerprint density at radius 3 is 2.36 bits per heavy atom.